The molecule has 0 saturated heterocycles. The van der Waals surface area contributed by atoms with Crippen LogP contribution in [-0.2, 0) is 27.8 Å². The van der Waals surface area contributed by atoms with Gasteiger partial charge in [-0.2, -0.15) is 4.31 Å². The Kier molecular flexibility index (Phi) is 4.65. The number of carboxylic acid groups (broad SMARTS) is 1. The summed E-state index contributed by atoms with van der Waals surface area (Å²) < 4.78 is 31.1. The highest BCUT2D eigenvalue weighted by atomic mass is 32.2. The molecule has 0 aromatic heterocycles. The molecule has 1 aliphatic heterocycles. The molecule has 0 saturated carbocycles. The molecule has 0 spiro atoms. The summed E-state index contributed by atoms with van der Waals surface area (Å²) in [5.74, 6) is -1.07. The van der Waals surface area contributed by atoms with E-state index in [1.54, 1.807) is 6.07 Å². The summed E-state index contributed by atoms with van der Waals surface area (Å²) in [5.41, 5.74) is 1.78. The van der Waals surface area contributed by atoms with Crippen molar-refractivity contribution in [1.82, 2.24) is 4.31 Å². The topological polar surface area (TPSA) is 83.9 Å². The Hall–Kier alpha value is -1.44. The van der Waals surface area contributed by atoms with Gasteiger partial charge >= 0.3 is 5.97 Å². The van der Waals surface area contributed by atoms with Crippen molar-refractivity contribution in [2.45, 2.75) is 33.0 Å². The third-order valence-electron chi connectivity index (χ3n) is 3.33. The minimum absolute atomic E-state index is 0.00546. The number of nitrogens with zero attached hydrogens (tertiary/aromatic N) is 1. The lowest BCUT2D eigenvalue weighted by molar-refractivity contribution is 0.0696. The van der Waals surface area contributed by atoms with Crippen LogP contribution in [0.25, 0.3) is 0 Å². The molecule has 116 valence electrons. The Labute approximate surface area is 124 Å². The van der Waals surface area contributed by atoms with Crippen LogP contribution in [-0.4, -0.2) is 42.3 Å². The molecule has 0 fully saturated rings. The van der Waals surface area contributed by atoms with Gasteiger partial charge in [0.05, 0.1) is 24.0 Å². The SMILES string of the molecule is CC(C)OCCS(=O)(=O)N1Cc2ccc(C(=O)O)cc2C1. The van der Waals surface area contributed by atoms with Gasteiger partial charge in [0.2, 0.25) is 10.0 Å². The fraction of sp³-hybridized carbons (Fsp3) is 0.500. The number of aromatic carboxylic acids is 1. The molecule has 0 aliphatic carbocycles. The Morgan fingerprint density at radius 1 is 1.33 bits per heavy atom. The maximum atomic E-state index is 12.2. The van der Waals surface area contributed by atoms with Gasteiger partial charge in [0.15, 0.2) is 0 Å². The molecule has 0 amide bonds. The zero-order valence-corrected chi connectivity index (χ0v) is 12.9. The number of hydrogen-bond donors (Lipinski definition) is 1. The molecule has 1 N–H and O–H groups in total. The zero-order chi connectivity index (χ0) is 15.6. The molecule has 0 atom stereocenters. The van der Waals surface area contributed by atoms with Crippen molar-refractivity contribution >= 4 is 16.0 Å². The summed E-state index contributed by atoms with van der Waals surface area (Å²) in [6.45, 7) is 4.38. The van der Waals surface area contributed by atoms with E-state index in [9.17, 15) is 13.2 Å². The van der Waals surface area contributed by atoms with E-state index in [0.717, 1.165) is 11.1 Å². The van der Waals surface area contributed by atoms with Gasteiger partial charge in [-0.3, -0.25) is 0 Å². The minimum Gasteiger partial charge on any atom is -0.478 e. The molecule has 1 heterocycles. The molecule has 1 aromatic rings. The van der Waals surface area contributed by atoms with Crippen molar-refractivity contribution in [2.24, 2.45) is 0 Å². The summed E-state index contributed by atoms with van der Waals surface area (Å²) in [6, 6.07) is 4.72. The van der Waals surface area contributed by atoms with Crippen LogP contribution in [0.5, 0.6) is 0 Å². The Morgan fingerprint density at radius 3 is 2.62 bits per heavy atom. The van der Waals surface area contributed by atoms with Gasteiger partial charge in [0, 0.05) is 13.1 Å². The van der Waals surface area contributed by atoms with Gasteiger partial charge in [-0.05, 0) is 37.1 Å². The molecule has 21 heavy (non-hydrogen) atoms. The molecule has 0 radical (unpaired) electrons. The highest BCUT2D eigenvalue weighted by Crippen LogP contribution is 2.26. The predicted octanol–water partition coefficient (Wildman–Crippen LogP) is 1.46. The molecular formula is C14H19NO5S. The van der Waals surface area contributed by atoms with Gasteiger partial charge in [0.1, 0.15) is 0 Å². The number of ether oxygens (including phenoxy) is 1. The van der Waals surface area contributed by atoms with Crippen molar-refractivity contribution in [2.75, 3.05) is 12.4 Å². The van der Waals surface area contributed by atoms with Crippen LogP contribution in [0.1, 0.15) is 35.3 Å². The van der Waals surface area contributed by atoms with Crippen LogP contribution in [0.2, 0.25) is 0 Å². The molecule has 6 nitrogen and oxygen atoms in total. The molecule has 0 bridgehead atoms. The number of sulfonamides is 1. The van der Waals surface area contributed by atoms with Crippen molar-refractivity contribution in [3.63, 3.8) is 0 Å². The second-order valence-corrected chi connectivity index (χ2v) is 7.38. The lowest BCUT2D eigenvalue weighted by atomic mass is 10.1. The first-order valence-electron chi connectivity index (χ1n) is 6.74. The molecular weight excluding hydrogens is 294 g/mol. The van der Waals surface area contributed by atoms with E-state index < -0.39 is 16.0 Å². The molecule has 1 aliphatic rings. The monoisotopic (exact) mass is 313 g/mol. The summed E-state index contributed by atoms with van der Waals surface area (Å²) in [5, 5.41) is 8.96. The van der Waals surface area contributed by atoms with Crippen molar-refractivity contribution in [3.8, 4) is 0 Å². The normalized spacial score (nSPS) is 15.4. The van der Waals surface area contributed by atoms with E-state index in [2.05, 4.69) is 0 Å². The van der Waals surface area contributed by atoms with Gasteiger partial charge in [-0.1, -0.05) is 6.07 Å². The molecule has 1 aromatic carbocycles. The van der Waals surface area contributed by atoms with E-state index in [0.29, 0.717) is 6.54 Å². The Morgan fingerprint density at radius 2 is 2.00 bits per heavy atom. The lowest BCUT2D eigenvalue weighted by Gasteiger charge is -2.16. The van der Waals surface area contributed by atoms with Crippen LogP contribution in [0.3, 0.4) is 0 Å². The molecule has 2 rings (SSSR count). The average Bonchev–Trinajstić information content (AvgIpc) is 2.81. The van der Waals surface area contributed by atoms with Gasteiger partial charge in [0.25, 0.3) is 0 Å². The highest BCUT2D eigenvalue weighted by molar-refractivity contribution is 7.89. The van der Waals surface area contributed by atoms with Crippen LogP contribution in [0, 0.1) is 0 Å². The van der Waals surface area contributed by atoms with E-state index in [4.69, 9.17) is 9.84 Å². The van der Waals surface area contributed by atoms with E-state index in [1.807, 2.05) is 13.8 Å². The second-order valence-electron chi connectivity index (χ2n) is 5.29. The number of benzene rings is 1. The van der Waals surface area contributed by atoms with Gasteiger partial charge in [-0.25, -0.2) is 13.2 Å². The third-order valence-corrected chi connectivity index (χ3v) is 5.06. The van der Waals surface area contributed by atoms with E-state index in [1.165, 1.54) is 16.4 Å². The van der Waals surface area contributed by atoms with Crippen molar-refractivity contribution in [3.05, 3.63) is 34.9 Å². The maximum Gasteiger partial charge on any atom is 0.335 e. The number of rotatable bonds is 6. The predicted molar refractivity (Wildman–Crippen MR) is 77.5 cm³/mol. The van der Waals surface area contributed by atoms with E-state index in [-0.39, 0.29) is 30.6 Å². The fourth-order valence-corrected chi connectivity index (χ4v) is 3.45. The zero-order valence-electron chi connectivity index (χ0n) is 12.1. The summed E-state index contributed by atoms with van der Waals surface area (Å²) >= 11 is 0. The Balaban J connectivity index is 2.06. The summed E-state index contributed by atoms with van der Waals surface area (Å²) in [4.78, 5) is 10.9. The van der Waals surface area contributed by atoms with Gasteiger partial charge < -0.3 is 9.84 Å². The largest absolute Gasteiger partial charge is 0.478 e. The van der Waals surface area contributed by atoms with Crippen molar-refractivity contribution < 1.29 is 23.1 Å². The molecule has 0 unspecified atom stereocenters. The maximum absolute atomic E-state index is 12.2. The highest BCUT2D eigenvalue weighted by Gasteiger charge is 2.29. The lowest BCUT2D eigenvalue weighted by Crippen LogP contribution is -2.30. The average molecular weight is 313 g/mol. The summed E-state index contributed by atoms with van der Waals surface area (Å²) in [7, 11) is -3.40. The number of hydrogen-bond acceptors (Lipinski definition) is 4. The Bertz CT molecular complexity index is 639. The van der Waals surface area contributed by atoms with Crippen LogP contribution in [0.4, 0.5) is 0 Å². The van der Waals surface area contributed by atoms with Crippen LogP contribution < -0.4 is 0 Å². The number of carbonyl (C=O) groups is 1. The second kappa shape index (κ2) is 6.13. The standard InChI is InChI=1S/C14H19NO5S/c1-10(2)20-5-6-21(18,19)15-8-12-4-3-11(14(16)17)7-13(12)9-15/h3-4,7,10H,5-6,8-9H2,1-2H3,(H,16,17). The van der Waals surface area contributed by atoms with Crippen LogP contribution in [0.15, 0.2) is 18.2 Å². The summed E-state index contributed by atoms with van der Waals surface area (Å²) in [6.07, 6.45) is -0.00546. The van der Waals surface area contributed by atoms with Crippen molar-refractivity contribution in [1.29, 1.82) is 0 Å². The van der Waals surface area contributed by atoms with Gasteiger partial charge in [-0.15, -0.1) is 0 Å². The molecule has 7 heteroatoms. The fourth-order valence-electron chi connectivity index (χ4n) is 2.21. The first-order valence-corrected chi connectivity index (χ1v) is 8.35. The van der Waals surface area contributed by atoms with E-state index >= 15 is 0 Å². The number of fused-ring (bicyclic) bond motifs is 1. The number of carboxylic acids is 1. The first-order chi connectivity index (χ1) is 9.79. The van der Waals surface area contributed by atoms with Crippen LogP contribution >= 0.6 is 0 Å². The first kappa shape index (κ1) is 15.9. The quantitative estimate of drug-likeness (QED) is 0.859. The third kappa shape index (κ3) is 3.81. The minimum atomic E-state index is -3.40. The smallest absolute Gasteiger partial charge is 0.335 e.